The molecule has 0 N–H and O–H groups in total. The molecule has 0 aliphatic carbocycles. The van der Waals surface area contributed by atoms with Gasteiger partial charge in [-0.15, -0.1) is 6.58 Å². The quantitative estimate of drug-likeness (QED) is 0.359. The van der Waals surface area contributed by atoms with Gasteiger partial charge in [-0.3, -0.25) is 9.59 Å². The zero-order chi connectivity index (χ0) is 10.3. The Hall–Kier alpha value is -1.12. The van der Waals surface area contributed by atoms with Gasteiger partial charge in [-0.1, -0.05) is 5.57 Å². The third-order valence-electron chi connectivity index (χ3n) is 1.63. The lowest BCUT2D eigenvalue weighted by atomic mass is 10.1. The van der Waals surface area contributed by atoms with Gasteiger partial charge in [-0.2, -0.15) is 0 Å². The van der Waals surface area contributed by atoms with E-state index in [4.69, 9.17) is 0 Å². The lowest BCUT2D eigenvalue weighted by Gasteiger charge is -1.99. The highest BCUT2D eigenvalue weighted by molar-refractivity contribution is 5.95. The van der Waals surface area contributed by atoms with Gasteiger partial charge in [0, 0.05) is 6.42 Å². The van der Waals surface area contributed by atoms with Gasteiger partial charge < -0.3 is 4.74 Å². The van der Waals surface area contributed by atoms with Gasteiger partial charge in [0.15, 0.2) is 0 Å². The Morgan fingerprint density at radius 3 is 2.38 bits per heavy atom. The summed E-state index contributed by atoms with van der Waals surface area (Å²) in [5.41, 5.74) is 1.06. The third-order valence-corrected chi connectivity index (χ3v) is 1.63. The Morgan fingerprint density at radius 1 is 1.31 bits per heavy atom. The van der Waals surface area contributed by atoms with Crippen molar-refractivity contribution >= 4 is 11.8 Å². The molecule has 3 nitrogen and oxygen atoms in total. The lowest BCUT2D eigenvalue weighted by Crippen LogP contribution is -2.08. The molecule has 0 amide bonds. The smallest absolute Gasteiger partial charge is 0.313 e. The summed E-state index contributed by atoms with van der Waals surface area (Å²) in [5, 5.41) is 0. The summed E-state index contributed by atoms with van der Waals surface area (Å²) in [7, 11) is 1.28. The van der Waals surface area contributed by atoms with Crippen molar-refractivity contribution in [3.8, 4) is 0 Å². The number of hydrogen-bond donors (Lipinski definition) is 0. The van der Waals surface area contributed by atoms with E-state index in [9.17, 15) is 9.59 Å². The first-order valence-corrected chi connectivity index (χ1v) is 4.29. The van der Waals surface area contributed by atoms with Gasteiger partial charge in [0.05, 0.1) is 7.11 Å². The predicted molar refractivity (Wildman–Crippen MR) is 50.3 cm³/mol. The Kier molecular flexibility index (Phi) is 5.85. The molecule has 0 atom stereocenters. The molecule has 0 bridgehead atoms. The average Bonchev–Trinajstić information content (AvgIpc) is 2.03. The van der Waals surface area contributed by atoms with Crippen LogP contribution in [-0.4, -0.2) is 18.9 Å². The molecule has 0 heterocycles. The molecule has 0 radical (unpaired) electrons. The van der Waals surface area contributed by atoms with Crippen LogP contribution in [0.15, 0.2) is 12.2 Å². The topological polar surface area (TPSA) is 43.4 Å². The molecule has 0 saturated heterocycles. The van der Waals surface area contributed by atoms with Crippen LogP contribution in [0.25, 0.3) is 0 Å². The van der Waals surface area contributed by atoms with Gasteiger partial charge in [0.2, 0.25) is 0 Å². The van der Waals surface area contributed by atoms with E-state index in [1.165, 1.54) is 7.11 Å². The largest absolute Gasteiger partial charge is 0.469 e. The number of Topliss-reactive ketones (excluding diaryl/α,β-unsaturated/α-hetero) is 1. The summed E-state index contributed by atoms with van der Waals surface area (Å²) in [6.07, 6.45) is 1.94. The van der Waals surface area contributed by atoms with E-state index < -0.39 is 5.97 Å². The second kappa shape index (κ2) is 6.40. The van der Waals surface area contributed by atoms with Crippen LogP contribution in [0.1, 0.15) is 32.6 Å². The number of hydrogen-bond acceptors (Lipinski definition) is 3. The number of carbonyl (C=O) groups is 2. The normalized spacial score (nSPS) is 9.38. The molecule has 3 heteroatoms. The second-order valence-corrected chi connectivity index (χ2v) is 3.10. The second-order valence-electron chi connectivity index (χ2n) is 3.10. The molecule has 74 valence electrons. The van der Waals surface area contributed by atoms with Crippen LogP contribution in [0.4, 0.5) is 0 Å². The molecule has 0 aromatic rings. The molecule has 0 aliphatic rings. The minimum Gasteiger partial charge on any atom is -0.469 e. The highest BCUT2D eigenvalue weighted by Crippen LogP contribution is 2.05. The molecular weight excluding hydrogens is 168 g/mol. The minimum atomic E-state index is -0.458. The lowest BCUT2D eigenvalue weighted by molar-refractivity contribution is -0.143. The maximum absolute atomic E-state index is 11.1. The number of ketones is 1. The van der Waals surface area contributed by atoms with Gasteiger partial charge in [-0.25, -0.2) is 0 Å². The SMILES string of the molecule is C=C(C)CCCC(=O)CC(=O)OC. The van der Waals surface area contributed by atoms with Gasteiger partial charge >= 0.3 is 5.97 Å². The molecule has 0 aliphatic heterocycles. The fourth-order valence-corrected chi connectivity index (χ4v) is 0.909. The van der Waals surface area contributed by atoms with Crippen LogP contribution in [0.5, 0.6) is 0 Å². The molecular formula is C10H16O3. The summed E-state index contributed by atoms with van der Waals surface area (Å²) in [6, 6.07) is 0. The van der Waals surface area contributed by atoms with Gasteiger partial charge in [0.1, 0.15) is 12.2 Å². The highest BCUT2D eigenvalue weighted by Gasteiger charge is 2.08. The average molecular weight is 184 g/mol. The monoisotopic (exact) mass is 184 g/mol. The van der Waals surface area contributed by atoms with Crippen LogP contribution in [0, 0.1) is 0 Å². The van der Waals surface area contributed by atoms with Crippen LogP contribution >= 0.6 is 0 Å². The van der Waals surface area contributed by atoms with E-state index in [0.29, 0.717) is 6.42 Å². The zero-order valence-corrected chi connectivity index (χ0v) is 8.26. The summed E-state index contributed by atoms with van der Waals surface area (Å²) >= 11 is 0. The van der Waals surface area contributed by atoms with Crippen molar-refractivity contribution < 1.29 is 14.3 Å². The summed E-state index contributed by atoms with van der Waals surface area (Å²) in [4.78, 5) is 21.7. The number of methoxy groups -OCH3 is 1. The molecule has 0 aromatic carbocycles. The van der Waals surface area contributed by atoms with E-state index in [2.05, 4.69) is 11.3 Å². The van der Waals surface area contributed by atoms with E-state index in [1.807, 2.05) is 6.92 Å². The molecule has 0 rings (SSSR count). The van der Waals surface area contributed by atoms with Crippen molar-refractivity contribution in [3.63, 3.8) is 0 Å². The fourth-order valence-electron chi connectivity index (χ4n) is 0.909. The zero-order valence-electron chi connectivity index (χ0n) is 8.26. The Labute approximate surface area is 78.8 Å². The number of allylic oxidation sites excluding steroid dienone is 1. The van der Waals surface area contributed by atoms with Gasteiger partial charge in [-0.05, 0) is 19.8 Å². The number of rotatable bonds is 6. The number of esters is 1. The summed E-state index contributed by atoms with van der Waals surface area (Å²) in [5.74, 6) is -0.520. The maximum Gasteiger partial charge on any atom is 0.313 e. The van der Waals surface area contributed by atoms with Crippen LogP contribution in [0.3, 0.4) is 0 Å². The summed E-state index contributed by atoms with van der Waals surface area (Å²) in [6.45, 7) is 5.65. The van der Waals surface area contributed by atoms with E-state index in [0.717, 1.165) is 18.4 Å². The fraction of sp³-hybridized carbons (Fsp3) is 0.600. The summed E-state index contributed by atoms with van der Waals surface area (Å²) < 4.78 is 4.37. The predicted octanol–water partition coefficient (Wildman–Crippen LogP) is 1.86. The minimum absolute atomic E-state index is 0.0619. The first-order chi connectivity index (χ1) is 6.06. The number of carbonyl (C=O) groups excluding carboxylic acids is 2. The highest BCUT2D eigenvalue weighted by atomic mass is 16.5. The van der Waals surface area contributed by atoms with Crippen molar-refractivity contribution in [1.82, 2.24) is 0 Å². The standard InChI is InChI=1S/C10H16O3/c1-8(2)5-4-6-9(11)7-10(12)13-3/h1,4-7H2,2-3H3. The number of ether oxygens (including phenoxy) is 1. The van der Waals surface area contributed by atoms with Crippen molar-refractivity contribution in [2.75, 3.05) is 7.11 Å². The van der Waals surface area contributed by atoms with Crippen molar-refractivity contribution in [1.29, 1.82) is 0 Å². The van der Waals surface area contributed by atoms with Crippen LogP contribution in [0.2, 0.25) is 0 Å². The van der Waals surface area contributed by atoms with Crippen LogP contribution < -0.4 is 0 Å². The first kappa shape index (κ1) is 11.9. The van der Waals surface area contributed by atoms with E-state index in [1.54, 1.807) is 0 Å². The molecule has 0 saturated carbocycles. The molecule has 0 spiro atoms. The first-order valence-electron chi connectivity index (χ1n) is 4.29. The third kappa shape index (κ3) is 7.25. The Balaban J connectivity index is 3.52. The van der Waals surface area contributed by atoms with Crippen molar-refractivity contribution in [2.45, 2.75) is 32.6 Å². The molecule has 0 aromatic heterocycles. The van der Waals surface area contributed by atoms with Gasteiger partial charge in [0.25, 0.3) is 0 Å². The maximum atomic E-state index is 11.1. The van der Waals surface area contributed by atoms with E-state index >= 15 is 0 Å². The van der Waals surface area contributed by atoms with Crippen molar-refractivity contribution in [3.05, 3.63) is 12.2 Å². The van der Waals surface area contributed by atoms with Crippen LogP contribution in [-0.2, 0) is 14.3 Å². The van der Waals surface area contributed by atoms with Crippen molar-refractivity contribution in [2.24, 2.45) is 0 Å². The molecule has 13 heavy (non-hydrogen) atoms. The Morgan fingerprint density at radius 2 is 1.92 bits per heavy atom. The molecule has 0 unspecified atom stereocenters. The Bertz CT molecular complexity index is 206. The molecule has 0 fully saturated rings. The van der Waals surface area contributed by atoms with E-state index in [-0.39, 0.29) is 12.2 Å².